The van der Waals surface area contributed by atoms with Crippen molar-refractivity contribution in [3.63, 3.8) is 0 Å². The van der Waals surface area contributed by atoms with Crippen LogP contribution in [0, 0.1) is 0 Å². The molecule has 126 valence electrons. The molecule has 1 N–H and O–H groups in total. The van der Waals surface area contributed by atoms with Gasteiger partial charge in [0.1, 0.15) is 18.3 Å². The van der Waals surface area contributed by atoms with Crippen LogP contribution in [0.3, 0.4) is 0 Å². The fraction of sp³-hybridized carbons (Fsp3) is 0.471. The third-order valence-corrected chi connectivity index (χ3v) is 4.53. The molecule has 0 saturated heterocycles. The number of hydrogen-bond donors (Lipinski definition) is 1. The van der Waals surface area contributed by atoms with Gasteiger partial charge in [-0.25, -0.2) is 9.37 Å². The molecule has 0 spiro atoms. The molecule has 0 amide bonds. The van der Waals surface area contributed by atoms with Gasteiger partial charge < -0.3 is 14.6 Å². The maximum Gasteiger partial charge on any atom is 0.161 e. The molecule has 2 aromatic rings. The van der Waals surface area contributed by atoms with E-state index < -0.39 is 12.8 Å². The number of methoxy groups -OCH3 is 1. The van der Waals surface area contributed by atoms with Gasteiger partial charge in [0, 0.05) is 10.4 Å². The van der Waals surface area contributed by atoms with Crippen molar-refractivity contribution in [3.8, 4) is 22.1 Å². The highest BCUT2D eigenvalue weighted by Crippen LogP contribution is 2.36. The lowest BCUT2D eigenvalue weighted by molar-refractivity contribution is 0.194. The van der Waals surface area contributed by atoms with Crippen molar-refractivity contribution in [2.75, 3.05) is 20.4 Å². The van der Waals surface area contributed by atoms with E-state index in [-0.39, 0.29) is 6.61 Å². The molecule has 0 saturated carbocycles. The van der Waals surface area contributed by atoms with Crippen molar-refractivity contribution >= 4 is 11.3 Å². The highest BCUT2D eigenvalue weighted by Gasteiger charge is 2.17. The Morgan fingerprint density at radius 3 is 2.74 bits per heavy atom. The van der Waals surface area contributed by atoms with Crippen LogP contribution in [0.4, 0.5) is 4.39 Å². The molecule has 2 rings (SSSR count). The Bertz CT molecular complexity index is 643. The number of nitrogens with zero attached hydrogens (tertiary/aromatic N) is 1. The number of ether oxygens (including phenoxy) is 2. The van der Waals surface area contributed by atoms with E-state index in [4.69, 9.17) is 9.47 Å². The van der Waals surface area contributed by atoms with Gasteiger partial charge in [-0.1, -0.05) is 13.3 Å². The topological polar surface area (TPSA) is 51.6 Å². The molecule has 1 aromatic carbocycles. The molecular formula is C17H22FNO3S. The first-order valence-corrected chi connectivity index (χ1v) is 8.47. The van der Waals surface area contributed by atoms with E-state index >= 15 is 0 Å². The Kier molecular flexibility index (Phi) is 6.36. The molecule has 1 atom stereocenters. The molecule has 0 aliphatic carbocycles. The van der Waals surface area contributed by atoms with Crippen molar-refractivity contribution in [3.05, 3.63) is 28.8 Å². The lowest BCUT2D eigenvalue weighted by Gasteiger charge is -2.10. The van der Waals surface area contributed by atoms with Crippen molar-refractivity contribution in [1.82, 2.24) is 4.98 Å². The second-order valence-corrected chi connectivity index (χ2v) is 6.24. The zero-order valence-electron chi connectivity index (χ0n) is 13.6. The van der Waals surface area contributed by atoms with E-state index in [1.54, 1.807) is 37.5 Å². The minimum absolute atomic E-state index is 0.0162. The number of aliphatic hydroxyl groups is 1. The summed E-state index contributed by atoms with van der Waals surface area (Å²) in [5.41, 5.74) is 1.60. The molecule has 0 aliphatic heterocycles. The summed E-state index contributed by atoms with van der Waals surface area (Å²) in [5.74, 6) is 1.05. The molecule has 4 nitrogen and oxygen atoms in total. The number of thiazole rings is 1. The molecule has 23 heavy (non-hydrogen) atoms. The monoisotopic (exact) mass is 339 g/mol. The first-order chi connectivity index (χ1) is 11.1. The number of hydrogen-bond acceptors (Lipinski definition) is 5. The van der Waals surface area contributed by atoms with Crippen molar-refractivity contribution < 1.29 is 19.0 Å². The molecule has 0 bridgehead atoms. The minimum atomic E-state index is -0.595. The maximum atomic E-state index is 12.4. The van der Waals surface area contributed by atoms with Gasteiger partial charge in [0.25, 0.3) is 0 Å². The standard InChI is InChI=1S/C17H22FNO3S/c1-4-5-15-16(11(2)20)19-17(23-15)12-6-7-13(21-3)14(10-12)22-9-8-18/h6-7,10-11,20H,4-5,8-9H2,1-3H3. The van der Waals surface area contributed by atoms with Gasteiger partial charge in [-0.3, -0.25) is 0 Å². The summed E-state index contributed by atoms with van der Waals surface area (Å²) in [5, 5.41) is 10.7. The van der Waals surface area contributed by atoms with E-state index in [1.807, 2.05) is 6.07 Å². The van der Waals surface area contributed by atoms with E-state index in [9.17, 15) is 9.50 Å². The Morgan fingerprint density at radius 1 is 1.35 bits per heavy atom. The Morgan fingerprint density at radius 2 is 2.13 bits per heavy atom. The van der Waals surface area contributed by atoms with Crippen molar-refractivity contribution in [1.29, 1.82) is 0 Å². The molecule has 1 unspecified atom stereocenters. The van der Waals surface area contributed by atoms with E-state index in [1.165, 1.54) is 0 Å². The summed E-state index contributed by atoms with van der Waals surface area (Å²) in [6.07, 6.45) is 1.29. The van der Waals surface area contributed by atoms with Gasteiger partial charge in [0.15, 0.2) is 11.5 Å². The summed E-state index contributed by atoms with van der Waals surface area (Å²) in [6, 6.07) is 5.47. The fourth-order valence-electron chi connectivity index (χ4n) is 2.29. The smallest absolute Gasteiger partial charge is 0.161 e. The highest BCUT2D eigenvalue weighted by atomic mass is 32.1. The van der Waals surface area contributed by atoms with Crippen molar-refractivity contribution in [2.24, 2.45) is 0 Å². The van der Waals surface area contributed by atoms with E-state index in [2.05, 4.69) is 11.9 Å². The van der Waals surface area contributed by atoms with E-state index in [0.717, 1.165) is 34.0 Å². The Balaban J connectivity index is 2.39. The van der Waals surface area contributed by atoms with Crippen LogP contribution in [0.25, 0.3) is 10.6 Å². The number of halogens is 1. The molecule has 0 aliphatic rings. The number of benzene rings is 1. The number of alkyl halides is 1. The number of aliphatic hydroxyl groups excluding tert-OH is 1. The maximum absolute atomic E-state index is 12.4. The molecular weight excluding hydrogens is 317 g/mol. The summed E-state index contributed by atoms with van der Waals surface area (Å²) in [4.78, 5) is 5.67. The second-order valence-electron chi connectivity index (χ2n) is 5.16. The lowest BCUT2D eigenvalue weighted by atomic mass is 10.2. The molecule has 0 radical (unpaired) electrons. The van der Waals surface area contributed by atoms with Crippen LogP contribution in [0.2, 0.25) is 0 Å². The highest BCUT2D eigenvalue weighted by molar-refractivity contribution is 7.15. The van der Waals surface area contributed by atoms with E-state index in [0.29, 0.717) is 11.5 Å². The second kappa shape index (κ2) is 8.26. The molecule has 1 heterocycles. The van der Waals surface area contributed by atoms with Gasteiger partial charge in [-0.2, -0.15) is 0 Å². The largest absolute Gasteiger partial charge is 0.493 e. The normalized spacial score (nSPS) is 12.2. The summed E-state index contributed by atoms with van der Waals surface area (Å²) in [6.45, 7) is 3.25. The van der Waals surface area contributed by atoms with Gasteiger partial charge in [0.05, 0.1) is 18.9 Å². The average Bonchev–Trinajstić information content (AvgIpc) is 2.97. The fourth-order valence-corrected chi connectivity index (χ4v) is 3.54. The lowest BCUT2D eigenvalue weighted by Crippen LogP contribution is -2.00. The first-order valence-electron chi connectivity index (χ1n) is 7.65. The predicted octanol–water partition coefficient (Wildman–Crippen LogP) is 4.17. The van der Waals surface area contributed by atoms with Crippen LogP contribution in [-0.2, 0) is 6.42 Å². The van der Waals surface area contributed by atoms with Gasteiger partial charge >= 0.3 is 0 Å². The number of aromatic nitrogens is 1. The molecule has 6 heteroatoms. The third kappa shape index (κ3) is 4.20. The zero-order chi connectivity index (χ0) is 16.8. The predicted molar refractivity (Wildman–Crippen MR) is 90.2 cm³/mol. The van der Waals surface area contributed by atoms with Crippen LogP contribution in [-0.4, -0.2) is 30.5 Å². The number of rotatable bonds is 8. The first kappa shape index (κ1) is 17.7. The summed E-state index contributed by atoms with van der Waals surface area (Å²) < 4.78 is 23.0. The Hall–Kier alpha value is -1.66. The quantitative estimate of drug-likeness (QED) is 0.784. The minimum Gasteiger partial charge on any atom is -0.493 e. The third-order valence-electron chi connectivity index (χ3n) is 3.35. The zero-order valence-corrected chi connectivity index (χ0v) is 14.5. The molecule has 0 fully saturated rings. The summed E-state index contributed by atoms with van der Waals surface area (Å²) >= 11 is 1.57. The van der Waals surface area contributed by atoms with Gasteiger partial charge in [-0.05, 0) is 31.5 Å². The van der Waals surface area contributed by atoms with Gasteiger partial charge in [0.2, 0.25) is 0 Å². The van der Waals surface area contributed by atoms with Crippen LogP contribution < -0.4 is 9.47 Å². The summed E-state index contributed by atoms with van der Waals surface area (Å²) in [7, 11) is 1.55. The van der Waals surface area contributed by atoms with Crippen LogP contribution in [0.1, 0.15) is 36.9 Å². The van der Waals surface area contributed by atoms with Crippen LogP contribution in [0.5, 0.6) is 11.5 Å². The Labute approximate surface area is 139 Å². The van der Waals surface area contributed by atoms with Crippen molar-refractivity contribution in [2.45, 2.75) is 32.8 Å². The van der Waals surface area contributed by atoms with Crippen LogP contribution in [0.15, 0.2) is 18.2 Å². The van der Waals surface area contributed by atoms with Gasteiger partial charge in [-0.15, -0.1) is 11.3 Å². The average molecular weight is 339 g/mol. The molecule has 1 aromatic heterocycles. The van der Waals surface area contributed by atoms with Crippen LogP contribution >= 0.6 is 11.3 Å². The number of aryl methyl sites for hydroxylation is 1. The SMILES string of the molecule is CCCc1sc(-c2ccc(OC)c(OCCF)c2)nc1C(C)O.